The fourth-order valence-electron chi connectivity index (χ4n) is 1.80. The predicted octanol–water partition coefficient (Wildman–Crippen LogP) is 3.45. The largest absolute Gasteiger partial charge is 0.497 e. The van der Waals surface area contributed by atoms with Gasteiger partial charge < -0.3 is 9.47 Å². The summed E-state index contributed by atoms with van der Waals surface area (Å²) < 4.78 is 10.9. The van der Waals surface area contributed by atoms with Crippen LogP contribution in [0.15, 0.2) is 42.5 Å². The van der Waals surface area contributed by atoms with Gasteiger partial charge in [-0.05, 0) is 48.4 Å². The van der Waals surface area contributed by atoms with Crippen LogP contribution in [-0.2, 0) is 6.61 Å². The number of benzene rings is 2. The molecule has 0 saturated heterocycles. The lowest BCUT2D eigenvalue weighted by Gasteiger charge is -2.10. The molecule has 0 fully saturated rings. The third-order valence-corrected chi connectivity index (χ3v) is 2.83. The lowest BCUT2D eigenvalue weighted by atomic mass is 10.1. The molecule has 0 amide bonds. The zero-order valence-corrected chi connectivity index (χ0v) is 11.0. The van der Waals surface area contributed by atoms with E-state index in [9.17, 15) is 0 Å². The normalized spacial score (nSPS) is 9.74. The van der Waals surface area contributed by atoms with Crippen molar-refractivity contribution in [1.29, 1.82) is 5.26 Å². The molecule has 0 aliphatic carbocycles. The van der Waals surface area contributed by atoms with Gasteiger partial charge in [0.25, 0.3) is 0 Å². The fourth-order valence-corrected chi connectivity index (χ4v) is 1.80. The number of nitriles is 1. The van der Waals surface area contributed by atoms with E-state index in [1.54, 1.807) is 13.2 Å². The number of hydrogen-bond acceptors (Lipinski definition) is 3. The van der Waals surface area contributed by atoms with E-state index in [0.29, 0.717) is 12.2 Å². The van der Waals surface area contributed by atoms with Crippen LogP contribution in [0.4, 0.5) is 0 Å². The van der Waals surface area contributed by atoms with Crippen molar-refractivity contribution >= 4 is 0 Å². The van der Waals surface area contributed by atoms with Crippen molar-refractivity contribution in [1.82, 2.24) is 0 Å². The number of hydrogen-bond donors (Lipinski definition) is 0. The van der Waals surface area contributed by atoms with Gasteiger partial charge >= 0.3 is 0 Å². The third kappa shape index (κ3) is 3.26. The monoisotopic (exact) mass is 253 g/mol. The molecular weight excluding hydrogens is 238 g/mol. The molecule has 0 N–H and O–H groups in total. The molecule has 2 aromatic carbocycles. The molecule has 2 aromatic rings. The average molecular weight is 253 g/mol. The van der Waals surface area contributed by atoms with Crippen LogP contribution >= 0.6 is 0 Å². The average Bonchev–Trinajstić information content (AvgIpc) is 2.46. The smallest absolute Gasteiger partial charge is 0.122 e. The molecule has 0 spiro atoms. The molecule has 19 heavy (non-hydrogen) atoms. The Morgan fingerprint density at radius 1 is 1.16 bits per heavy atom. The molecule has 0 heterocycles. The maximum Gasteiger partial charge on any atom is 0.122 e. The number of nitrogens with zero attached hydrogens (tertiary/aromatic N) is 1. The minimum Gasteiger partial charge on any atom is -0.497 e. The number of methoxy groups -OCH3 is 1. The Morgan fingerprint density at radius 3 is 2.68 bits per heavy atom. The van der Waals surface area contributed by atoms with E-state index < -0.39 is 0 Å². The molecule has 3 heteroatoms. The van der Waals surface area contributed by atoms with E-state index in [0.717, 1.165) is 22.6 Å². The van der Waals surface area contributed by atoms with Crippen molar-refractivity contribution in [3.63, 3.8) is 0 Å². The maximum absolute atomic E-state index is 8.81. The first-order chi connectivity index (χ1) is 9.22. The van der Waals surface area contributed by atoms with Crippen LogP contribution in [0.5, 0.6) is 11.5 Å². The lowest BCUT2D eigenvalue weighted by Crippen LogP contribution is -1.97. The Bertz CT molecular complexity index is 614. The van der Waals surface area contributed by atoms with Gasteiger partial charge in [0.15, 0.2) is 0 Å². The van der Waals surface area contributed by atoms with Gasteiger partial charge in [0.05, 0.1) is 18.7 Å². The first kappa shape index (κ1) is 13.0. The molecule has 2 rings (SSSR count). The summed E-state index contributed by atoms with van der Waals surface area (Å²) in [6.45, 7) is 2.41. The fraction of sp³-hybridized carbons (Fsp3) is 0.188. The highest BCUT2D eigenvalue weighted by Crippen LogP contribution is 2.21. The summed E-state index contributed by atoms with van der Waals surface area (Å²) in [5, 5.41) is 8.81. The van der Waals surface area contributed by atoms with Crippen molar-refractivity contribution in [2.24, 2.45) is 0 Å². The Hall–Kier alpha value is -2.47. The van der Waals surface area contributed by atoms with Crippen molar-refractivity contribution in [2.45, 2.75) is 13.5 Å². The Labute approximate surface area is 113 Å². The highest BCUT2D eigenvalue weighted by atomic mass is 16.5. The predicted molar refractivity (Wildman–Crippen MR) is 73.2 cm³/mol. The van der Waals surface area contributed by atoms with Gasteiger partial charge in [0.2, 0.25) is 0 Å². The topological polar surface area (TPSA) is 42.2 Å². The summed E-state index contributed by atoms with van der Waals surface area (Å²) in [4.78, 5) is 0. The minimum atomic E-state index is 0.476. The Balaban J connectivity index is 2.08. The Kier molecular flexibility index (Phi) is 4.04. The minimum absolute atomic E-state index is 0.476. The molecule has 0 radical (unpaired) electrons. The molecular formula is C16H15NO2. The number of rotatable bonds is 4. The van der Waals surface area contributed by atoms with Crippen LogP contribution in [0.3, 0.4) is 0 Å². The van der Waals surface area contributed by atoms with Crippen molar-refractivity contribution in [2.75, 3.05) is 7.11 Å². The molecule has 0 atom stereocenters. The summed E-state index contributed by atoms with van der Waals surface area (Å²) >= 11 is 0. The van der Waals surface area contributed by atoms with E-state index in [1.165, 1.54) is 0 Å². The molecule has 0 aliphatic rings. The van der Waals surface area contributed by atoms with Gasteiger partial charge in [-0.1, -0.05) is 12.1 Å². The van der Waals surface area contributed by atoms with Gasteiger partial charge in [0, 0.05) is 0 Å². The summed E-state index contributed by atoms with van der Waals surface area (Å²) in [5.41, 5.74) is 2.65. The van der Waals surface area contributed by atoms with Crippen LogP contribution in [-0.4, -0.2) is 7.11 Å². The van der Waals surface area contributed by atoms with E-state index >= 15 is 0 Å². The Morgan fingerprint density at radius 2 is 2.00 bits per heavy atom. The van der Waals surface area contributed by atoms with E-state index in [-0.39, 0.29) is 0 Å². The van der Waals surface area contributed by atoms with Crippen LogP contribution in [0.1, 0.15) is 16.7 Å². The molecule has 0 saturated carbocycles. The van der Waals surface area contributed by atoms with Gasteiger partial charge in [-0.25, -0.2) is 0 Å². The third-order valence-electron chi connectivity index (χ3n) is 2.83. The second-order valence-corrected chi connectivity index (χ2v) is 4.23. The van der Waals surface area contributed by atoms with Gasteiger partial charge in [-0.2, -0.15) is 5.26 Å². The summed E-state index contributed by atoms with van der Waals surface area (Å²) in [5.74, 6) is 1.61. The second-order valence-electron chi connectivity index (χ2n) is 4.23. The van der Waals surface area contributed by atoms with Crippen molar-refractivity contribution in [3.05, 3.63) is 59.2 Å². The summed E-state index contributed by atoms with van der Waals surface area (Å²) in [6.07, 6.45) is 0. The van der Waals surface area contributed by atoms with Crippen LogP contribution in [0.2, 0.25) is 0 Å². The summed E-state index contributed by atoms with van der Waals surface area (Å²) in [6, 6.07) is 15.3. The van der Waals surface area contributed by atoms with E-state index in [2.05, 4.69) is 6.07 Å². The zero-order valence-electron chi connectivity index (χ0n) is 11.0. The molecule has 0 unspecified atom stereocenters. The molecule has 0 aliphatic heterocycles. The van der Waals surface area contributed by atoms with E-state index in [4.69, 9.17) is 14.7 Å². The van der Waals surface area contributed by atoms with Crippen LogP contribution < -0.4 is 9.47 Å². The first-order valence-corrected chi connectivity index (χ1v) is 5.99. The highest BCUT2D eigenvalue weighted by molar-refractivity contribution is 5.41. The van der Waals surface area contributed by atoms with Gasteiger partial charge in [0.1, 0.15) is 18.1 Å². The van der Waals surface area contributed by atoms with Crippen molar-refractivity contribution in [3.8, 4) is 17.6 Å². The van der Waals surface area contributed by atoms with Crippen LogP contribution in [0, 0.1) is 18.3 Å². The van der Waals surface area contributed by atoms with Crippen LogP contribution in [0.25, 0.3) is 0 Å². The zero-order chi connectivity index (χ0) is 13.7. The number of aryl methyl sites for hydroxylation is 1. The highest BCUT2D eigenvalue weighted by Gasteiger charge is 2.02. The number of ether oxygens (including phenoxy) is 2. The summed E-state index contributed by atoms with van der Waals surface area (Å²) in [7, 11) is 1.64. The quantitative estimate of drug-likeness (QED) is 0.838. The second kappa shape index (κ2) is 5.92. The van der Waals surface area contributed by atoms with Gasteiger partial charge in [-0.3, -0.25) is 0 Å². The SMILES string of the molecule is COc1cccc(COc2ccc(C#N)cc2C)c1. The molecule has 3 nitrogen and oxygen atoms in total. The molecule has 0 aromatic heterocycles. The first-order valence-electron chi connectivity index (χ1n) is 5.99. The van der Waals surface area contributed by atoms with Gasteiger partial charge in [-0.15, -0.1) is 0 Å². The lowest BCUT2D eigenvalue weighted by molar-refractivity contribution is 0.303. The van der Waals surface area contributed by atoms with Crippen molar-refractivity contribution < 1.29 is 9.47 Å². The van der Waals surface area contributed by atoms with E-state index in [1.807, 2.05) is 43.3 Å². The molecule has 96 valence electrons. The standard InChI is InChI=1S/C16H15NO2/c1-12-8-13(10-17)6-7-16(12)19-11-14-4-3-5-15(9-14)18-2/h3-9H,11H2,1-2H3. The maximum atomic E-state index is 8.81. The molecule has 0 bridgehead atoms.